The van der Waals surface area contributed by atoms with Crippen molar-refractivity contribution in [3.8, 4) is 6.07 Å². The Morgan fingerprint density at radius 3 is 3.06 bits per heavy atom. The lowest BCUT2D eigenvalue weighted by atomic mass is 10.2. The van der Waals surface area contributed by atoms with E-state index in [4.69, 9.17) is 5.26 Å². The van der Waals surface area contributed by atoms with E-state index in [0.29, 0.717) is 5.13 Å². The lowest BCUT2D eigenvalue weighted by molar-refractivity contribution is 0.597. The quantitative estimate of drug-likeness (QED) is 0.832. The van der Waals surface area contributed by atoms with Crippen molar-refractivity contribution in [3.05, 3.63) is 10.6 Å². The lowest BCUT2D eigenvalue weighted by Crippen LogP contribution is -2.23. The van der Waals surface area contributed by atoms with Crippen LogP contribution in [0.3, 0.4) is 0 Å². The van der Waals surface area contributed by atoms with Crippen LogP contribution in [0.2, 0.25) is 0 Å². The number of hydrogen-bond donors (Lipinski definition) is 2. The highest BCUT2D eigenvalue weighted by Gasteiger charge is 2.23. The third-order valence-corrected chi connectivity index (χ3v) is 5.14. The summed E-state index contributed by atoms with van der Waals surface area (Å²) < 4.78 is 25.7. The Labute approximate surface area is 104 Å². The molecule has 1 aliphatic heterocycles. The summed E-state index contributed by atoms with van der Waals surface area (Å²) in [6.45, 7) is 2.93. The molecule has 2 heterocycles. The van der Waals surface area contributed by atoms with Crippen LogP contribution in [-0.4, -0.2) is 25.2 Å². The highest BCUT2D eigenvalue weighted by atomic mass is 32.2. The maximum absolute atomic E-state index is 11.7. The number of rotatable bonds is 3. The van der Waals surface area contributed by atoms with Crippen molar-refractivity contribution in [2.45, 2.75) is 25.1 Å². The van der Waals surface area contributed by atoms with E-state index in [1.807, 2.05) is 0 Å². The molecule has 0 bridgehead atoms. The first kappa shape index (κ1) is 12.3. The van der Waals surface area contributed by atoms with Crippen molar-refractivity contribution >= 4 is 26.5 Å². The Morgan fingerprint density at radius 2 is 2.41 bits per heavy atom. The highest BCUT2D eigenvalue weighted by Crippen LogP contribution is 2.26. The first-order valence-electron chi connectivity index (χ1n) is 5.13. The summed E-state index contributed by atoms with van der Waals surface area (Å²) in [5.41, 5.74) is 0.941. The van der Waals surface area contributed by atoms with Gasteiger partial charge < -0.3 is 5.32 Å². The topological polar surface area (TPSA) is 94.9 Å². The zero-order valence-electron chi connectivity index (χ0n) is 9.23. The third-order valence-electron chi connectivity index (χ3n) is 2.48. The molecule has 0 saturated heterocycles. The van der Waals surface area contributed by atoms with E-state index in [0.717, 1.165) is 30.1 Å². The number of nitrogens with zero attached hydrogens (tertiary/aromatic N) is 2. The Bertz CT molecular complexity index is 535. The zero-order chi connectivity index (χ0) is 12.5. The molecule has 1 aliphatic rings. The van der Waals surface area contributed by atoms with Crippen molar-refractivity contribution < 1.29 is 8.42 Å². The van der Waals surface area contributed by atoms with Crippen LogP contribution in [0.15, 0.2) is 0 Å². The summed E-state index contributed by atoms with van der Waals surface area (Å²) in [4.78, 5) is 5.29. The predicted molar refractivity (Wildman–Crippen MR) is 65.1 cm³/mol. The second kappa shape index (κ2) is 4.60. The van der Waals surface area contributed by atoms with Gasteiger partial charge in [0.1, 0.15) is 0 Å². The van der Waals surface area contributed by atoms with E-state index in [2.05, 4.69) is 15.0 Å². The largest absolute Gasteiger partial charge is 0.311 e. The normalized spacial score (nSPS) is 16.9. The standard InChI is InChI=1S/C9H12N4O2S2/c1-6(4-10)17(14,15)13-9-12-7-2-3-11-5-8(7)16-9/h6,11H,2-3,5H2,1H3,(H,12,13). The number of sulfonamides is 1. The van der Waals surface area contributed by atoms with Crippen LogP contribution in [0.5, 0.6) is 0 Å². The first-order chi connectivity index (χ1) is 8.03. The number of fused-ring (bicyclic) bond motifs is 1. The van der Waals surface area contributed by atoms with Crippen LogP contribution in [0.25, 0.3) is 0 Å². The Balaban J connectivity index is 2.20. The molecule has 0 radical (unpaired) electrons. The van der Waals surface area contributed by atoms with E-state index >= 15 is 0 Å². The fourth-order valence-corrected chi connectivity index (χ4v) is 3.40. The SMILES string of the molecule is CC(C#N)S(=O)(=O)Nc1nc2c(s1)CNCC2. The van der Waals surface area contributed by atoms with Gasteiger partial charge in [-0.2, -0.15) is 5.26 Å². The minimum absolute atomic E-state index is 0.348. The van der Waals surface area contributed by atoms with E-state index in [1.54, 1.807) is 6.07 Å². The summed E-state index contributed by atoms with van der Waals surface area (Å²) >= 11 is 1.32. The van der Waals surface area contributed by atoms with Gasteiger partial charge in [-0.25, -0.2) is 13.4 Å². The van der Waals surface area contributed by atoms with Gasteiger partial charge in [-0.05, 0) is 6.92 Å². The van der Waals surface area contributed by atoms with Gasteiger partial charge in [-0.3, -0.25) is 4.72 Å². The van der Waals surface area contributed by atoms with Crippen LogP contribution >= 0.6 is 11.3 Å². The molecular formula is C9H12N4O2S2. The number of thiazole rings is 1. The van der Waals surface area contributed by atoms with Crippen LogP contribution in [0, 0.1) is 11.3 Å². The number of anilines is 1. The molecule has 92 valence electrons. The number of nitrogens with one attached hydrogen (secondary N) is 2. The van der Waals surface area contributed by atoms with Crippen molar-refractivity contribution in [1.82, 2.24) is 10.3 Å². The molecule has 17 heavy (non-hydrogen) atoms. The summed E-state index contributed by atoms with van der Waals surface area (Å²) in [6.07, 6.45) is 0.807. The molecule has 2 rings (SSSR count). The summed E-state index contributed by atoms with van der Waals surface area (Å²) in [7, 11) is -3.65. The zero-order valence-corrected chi connectivity index (χ0v) is 10.9. The minimum Gasteiger partial charge on any atom is -0.311 e. The van der Waals surface area contributed by atoms with E-state index in [-0.39, 0.29) is 0 Å². The molecular weight excluding hydrogens is 260 g/mol. The van der Waals surface area contributed by atoms with Crippen molar-refractivity contribution in [2.24, 2.45) is 0 Å². The maximum atomic E-state index is 11.7. The highest BCUT2D eigenvalue weighted by molar-refractivity contribution is 7.93. The summed E-state index contributed by atoms with van der Waals surface area (Å²) in [5.74, 6) is 0. The average molecular weight is 272 g/mol. The molecule has 1 unspecified atom stereocenters. The summed E-state index contributed by atoms with van der Waals surface area (Å²) in [5, 5.41) is 11.1. The molecule has 1 atom stereocenters. The molecule has 6 nitrogen and oxygen atoms in total. The molecule has 0 aliphatic carbocycles. The molecule has 0 saturated carbocycles. The van der Waals surface area contributed by atoms with Gasteiger partial charge in [0.25, 0.3) is 10.0 Å². The molecule has 8 heteroatoms. The van der Waals surface area contributed by atoms with Gasteiger partial charge in [0.2, 0.25) is 0 Å². The lowest BCUT2D eigenvalue weighted by Gasteiger charge is -2.09. The molecule has 0 spiro atoms. The van der Waals surface area contributed by atoms with E-state index < -0.39 is 15.3 Å². The second-order valence-corrected chi connectivity index (χ2v) is 6.82. The van der Waals surface area contributed by atoms with Gasteiger partial charge >= 0.3 is 0 Å². The van der Waals surface area contributed by atoms with Crippen LogP contribution in [0.4, 0.5) is 5.13 Å². The fourth-order valence-electron chi connectivity index (χ4n) is 1.45. The minimum atomic E-state index is -3.65. The van der Waals surface area contributed by atoms with Gasteiger partial charge in [0.15, 0.2) is 10.4 Å². The van der Waals surface area contributed by atoms with Crippen molar-refractivity contribution in [3.63, 3.8) is 0 Å². The smallest absolute Gasteiger partial charge is 0.250 e. The van der Waals surface area contributed by atoms with E-state index in [9.17, 15) is 8.42 Å². The predicted octanol–water partition coefficient (Wildman–Crippen LogP) is 0.443. The molecule has 1 aromatic heterocycles. The summed E-state index contributed by atoms with van der Waals surface area (Å²) in [6, 6.07) is 1.70. The Kier molecular flexibility index (Phi) is 3.33. The van der Waals surface area contributed by atoms with Gasteiger partial charge in [0.05, 0.1) is 11.8 Å². The van der Waals surface area contributed by atoms with Crippen LogP contribution < -0.4 is 10.0 Å². The van der Waals surface area contributed by atoms with Gasteiger partial charge in [-0.15, -0.1) is 0 Å². The molecule has 2 N–H and O–H groups in total. The fraction of sp³-hybridized carbons (Fsp3) is 0.556. The van der Waals surface area contributed by atoms with Crippen molar-refractivity contribution in [1.29, 1.82) is 5.26 Å². The number of aromatic nitrogens is 1. The number of nitriles is 1. The molecule has 0 fully saturated rings. The monoisotopic (exact) mass is 272 g/mol. The molecule has 0 aromatic carbocycles. The first-order valence-corrected chi connectivity index (χ1v) is 7.50. The average Bonchev–Trinajstić information content (AvgIpc) is 2.68. The second-order valence-electron chi connectivity index (χ2n) is 3.73. The Hall–Kier alpha value is -1.17. The maximum Gasteiger partial charge on any atom is 0.250 e. The van der Waals surface area contributed by atoms with Crippen LogP contribution in [0.1, 0.15) is 17.5 Å². The van der Waals surface area contributed by atoms with Gasteiger partial charge in [-0.1, -0.05) is 11.3 Å². The van der Waals surface area contributed by atoms with Crippen molar-refractivity contribution in [2.75, 3.05) is 11.3 Å². The van der Waals surface area contributed by atoms with Gasteiger partial charge in [0, 0.05) is 24.4 Å². The van der Waals surface area contributed by atoms with Crippen LogP contribution in [-0.2, 0) is 23.0 Å². The molecule has 0 amide bonds. The molecule has 1 aromatic rings. The third kappa shape index (κ3) is 2.57. The number of hydrogen-bond acceptors (Lipinski definition) is 6. The Morgan fingerprint density at radius 1 is 1.65 bits per heavy atom. The van der Waals surface area contributed by atoms with E-state index in [1.165, 1.54) is 18.3 Å².